The van der Waals surface area contributed by atoms with Crippen LogP contribution in [0.25, 0.3) is 0 Å². The number of ether oxygens (including phenoxy) is 1. The van der Waals surface area contributed by atoms with Gasteiger partial charge in [0.1, 0.15) is 0 Å². The molecule has 0 amide bonds. The molecule has 0 saturated carbocycles. The van der Waals surface area contributed by atoms with E-state index in [1.54, 1.807) is 26.0 Å². The summed E-state index contributed by atoms with van der Waals surface area (Å²) in [5, 5.41) is 12.6. The molecule has 0 heterocycles. The lowest BCUT2D eigenvalue weighted by atomic mass is 10.2. The van der Waals surface area contributed by atoms with Gasteiger partial charge < -0.3 is 15.2 Å². The van der Waals surface area contributed by atoms with Gasteiger partial charge in [-0.3, -0.25) is 0 Å². The molecule has 0 aliphatic heterocycles. The van der Waals surface area contributed by atoms with Crippen LogP contribution < -0.4 is 10.1 Å². The molecule has 0 bridgehead atoms. The Bertz CT molecular complexity index is 499. The van der Waals surface area contributed by atoms with Gasteiger partial charge in [-0.15, -0.1) is 0 Å². The number of rotatable bonds is 6. The Kier molecular flexibility index (Phi) is 4.84. The maximum absolute atomic E-state index is 11.5. The molecule has 18 heavy (non-hydrogen) atoms. The Morgan fingerprint density at radius 1 is 1.44 bits per heavy atom. The molecule has 0 spiro atoms. The van der Waals surface area contributed by atoms with E-state index < -0.39 is 9.84 Å². The summed E-state index contributed by atoms with van der Waals surface area (Å²) in [6.07, 6.45) is 0. The lowest BCUT2D eigenvalue weighted by Crippen LogP contribution is -2.26. The monoisotopic (exact) mass is 273 g/mol. The van der Waals surface area contributed by atoms with Crippen LogP contribution >= 0.6 is 0 Å². The fourth-order valence-corrected chi connectivity index (χ4v) is 2.69. The van der Waals surface area contributed by atoms with Crippen LogP contribution in [0.1, 0.15) is 13.8 Å². The Morgan fingerprint density at radius 2 is 2.11 bits per heavy atom. The first-order chi connectivity index (χ1) is 8.38. The number of nitrogens with one attached hydrogen (secondary N) is 1. The third-order valence-electron chi connectivity index (χ3n) is 2.54. The Morgan fingerprint density at radius 3 is 2.61 bits per heavy atom. The van der Waals surface area contributed by atoms with Gasteiger partial charge >= 0.3 is 0 Å². The number of benzene rings is 1. The second-order valence-corrected chi connectivity index (χ2v) is 6.53. The van der Waals surface area contributed by atoms with Crippen LogP contribution in [0.5, 0.6) is 11.5 Å². The molecule has 0 aliphatic carbocycles. The summed E-state index contributed by atoms with van der Waals surface area (Å²) in [7, 11) is -1.54. The molecule has 1 aromatic carbocycles. The number of sulfone groups is 1. The highest BCUT2D eigenvalue weighted by Crippen LogP contribution is 2.28. The number of hydrogen-bond acceptors (Lipinski definition) is 5. The predicted octanol–water partition coefficient (Wildman–Crippen LogP) is 1.64. The van der Waals surface area contributed by atoms with Crippen molar-refractivity contribution in [3.63, 3.8) is 0 Å². The zero-order chi connectivity index (χ0) is 13.8. The largest absolute Gasteiger partial charge is 0.504 e. The van der Waals surface area contributed by atoms with E-state index in [0.29, 0.717) is 11.4 Å². The average molecular weight is 273 g/mol. The minimum atomic E-state index is -3.01. The van der Waals surface area contributed by atoms with Gasteiger partial charge in [0.15, 0.2) is 21.3 Å². The van der Waals surface area contributed by atoms with Crippen LogP contribution in [0.2, 0.25) is 0 Å². The number of aromatic hydroxyl groups is 1. The van der Waals surface area contributed by atoms with Crippen molar-refractivity contribution in [2.24, 2.45) is 0 Å². The summed E-state index contributed by atoms with van der Waals surface area (Å²) in [5.74, 6) is 0.603. The Labute approximate surface area is 108 Å². The molecule has 0 saturated heterocycles. The van der Waals surface area contributed by atoms with Gasteiger partial charge in [-0.1, -0.05) is 6.92 Å². The fraction of sp³-hybridized carbons (Fsp3) is 0.500. The van der Waals surface area contributed by atoms with Crippen molar-refractivity contribution in [3.8, 4) is 11.5 Å². The SMILES string of the molecule is CCS(=O)(=O)CC(C)Nc1ccc(OC)c(O)c1. The van der Waals surface area contributed by atoms with Crippen molar-refractivity contribution in [3.05, 3.63) is 18.2 Å². The van der Waals surface area contributed by atoms with Gasteiger partial charge in [-0.2, -0.15) is 0 Å². The molecule has 0 radical (unpaired) electrons. The fourth-order valence-electron chi connectivity index (χ4n) is 1.60. The molecule has 1 atom stereocenters. The molecular formula is C12H19NO4S. The first-order valence-corrected chi connectivity index (χ1v) is 7.54. The summed E-state index contributed by atoms with van der Waals surface area (Å²) in [4.78, 5) is 0. The van der Waals surface area contributed by atoms with Gasteiger partial charge in [0.25, 0.3) is 0 Å². The number of phenols is 1. The van der Waals surface area contributed by atoms with Crippen LogP contribution in [0, 0.1) is 0 Å². The molecule has 1 rings (SSSR count). The van der Waals surface area contributed by atoms with Gasteiger partial charge in [0.05, 0.1) is 12.9 Å². The van der Waals surface area contributed by atoms with Crippen LogP contribution in [0.15, 0.2) is 18.2 Å². The summed E-state index contributed by atoms with van der Waals surface area (Å²) in [6.45, 7) is 3.41. The molecule has 5 nitrogen and oxygen atoms in total. The second-order valence-electron chi connectivity index (χ2n) is 4.13. The van der Waals surface area contributed by atoms with Crippen molar-refractivity contribution >= 4 is 15.5 Å². The number of anilines is 1. The lowest BCUT2D eigenvalue weighted by molar-refractivity contribution is 0.373. The van der Waals surface area contributed by atoms with Crippen molar-refractivity contribution in [2.45, 2.75) is 19.9 Å². The number of hydrogen-bond donors (Lipinski definition) is 2. The summed E-state index contributed by atoms with van der Waals surface area (Å²) < 4.78 is 27.8. The predicted molar refractivity (Wildman–Crippen MR) is 72.1 cm³/mol. The molecular weight excluding hydrogens is 254 g/mol. The molecule has 0 aliphatic rings. The first-order valence-electron chi connectivity index (χ1n) is 5.72. The smallest absolute Gasteiger partial charge is 0.160 e. The molecule has 1 unspecified atom stereocenters. The van der Waals surface area contributed by atoms with E-state index in [9.17, 15) is 13.5 Å². The van der Waals surface area contributed by atoms with E-state index >= 15 is 0 Å². The maximum Gasteiger partial charge on any atom is 0.160 e. The second kappa shape index (κ2) is 5.95. The first kappa shape index (κ1) is 14.6. The van der Waals surface area contributed by atoms with Crippen LogP contribution in [-0.2, 0) is 9.84 Å². The normalized spacial score (nSPS) is 13.1. The van der Waals surface area contributed by atoms with Crippen molar-refractivity contribution in [2.75, 3.05) is 23.9 Å². The van der Waals surface area contributed by atoms with E-state index in [4.69, 9.17) is 4.74 Å². The number of methoxy groups -OCH3 is 1. The van der Waals surface area contributed by atoms with E-state index in [1.165, 1.54) is 13.2 Å². The van der Waals surface area contributed by atoms with E-state index in [1.807, 2.05) is 0 Å². The molecule has 0 aromatic heterocycles. The number of phenolic OH excluding ortho intramolecular Hbond substituents is 1. The molecule has 102 valence electrons. The van der Waals surface area contributed by atoms with Crippen molar-refractivity contribution in [1.82, 2.24) is 0 Å². The molecule has 1 aromatic rings. The summed E-state index contributed by atoms with van der Waals surface area (Å²) in [5.41, 5.74) is 0.659. The highest BCUT2D eigenvalue weighted by atomic mass is 32.2. The van der Waals surface area contributed by atoms with Crippen LogP contribution in [0.4, 0.5) is 5.69 Å². The average Bonchev–Trinajstić information content (AvgIpc) is 2.28. The van der Waals surface area contributed by atoms with E-state index in [2.05, 4.69) is 5.32 Å². The van der Waals surface area contributed by atoms with Gasteiger partial charge in [0.2, 0.25) is 0 Å². The quantitative estimate of drug-likeness (QED) is 0.824. The third kappa shape index (κ3) is 4.10. The topological polar surface area (TPSA) is 75.6 Å². The lowest BCUT2D eigenvalue weighted by Gasteiger charge is -2.15. The van der Waals surface area contributed by atoms with Gasteiger partial charge in [-0.05, 0) is 19.1 Å². The minimum Gasteiger partial charge on any atom is -0.504 e. The summed E-state index contributed by atoms with van der Waals surface area (Å²) in [6, 6.07) is 4.64. The van der Waals surface area contributed by atoms with Crippen LogP contribution in [0.3, 0.4) is 0 Å². The zero-order valence-corrected chi connectivity index (χ0v) is 11.6. The Balaban J connectivity index is 2.71. The third-order valence-corrected chi connectivity index (χ3v) is 4.42. The molecule has 0 fully saturated rings. The van der Waals surface area contributed by atoms with Crippen LogP contribution in [-0.4, -0.2) is 38.2 Å². The van der Waals surface area contributed by atoms with Gasteiger partial charge in [-0.25, -0.2) is 8.42 Å². The zero-order valence-electron chi connectivity index (χ0n) is 10.8. The molecule has 6 heteroatoms. The van der Waals surface area contributed by atoms with E-state index in [0.717, 1.165) is 0 Å². The van der Waals surface area contributed by atoms with E-state index in [-0.39, 0.29) is 23.3 Å². The highest BCUT2D eigenvalue weighted by molar-refractivity contribution is 7.91. The van der Waals surface area contributed by atoms with Gasteiger partial charge in [0, 0.05) is 23.5 Å². The maximum atomic E-state index is 11.5. The Hall–Kier alpha value is -1.43. The summed E-state index contributed by atoms with van der Waals surface area (Å²) >= 11 is 0. The molecule has 2 N–H and O–H groups in total. The minimum absolute atomic E-state index is 0.0213. The standard InChI is InChI=1S/C12H19NO4S/c1-4-18(15,16)8-9(2)13-10-5-6-12(17-3)11(14)7-10/h5-7,9,13-14H,4,8H2,1-3H3. The van der Waals surface area contributed by atoms with Crippen molar-refractivity contribution in [1.29, 1.82) is 0 Å². The van der Waals surface area contributed by atoms with Crippen molar-refractivity contribution < 1.29 is 18.3 Å². The highest BCUT2D eigenvalue weighted by Gasteiger charge is 2.14.